The second kappa shape index (κ2) is 13.0. The van der Waals surface area contributed by atoms with E-state index in [1.165, 1.54) is 36.8 Å². The van der Waals surface area contributed by atoms with E-state index in [0.717, 1.165) is 44.1 Å². The Kier molecular flexibility index (Phi) is 9.77. The fraction of sp³-hybridized carbons (Fsp3) is 0.698. The monoisotopic (exact) mass is 705 g/mol. The van der Waals surface area contributed by atoms with Gasteiger partial charge >= 0.3 is 5.97 Å². The van der Waals surface area contributed by atoms with Crippen LogP contribution in [0.25, 0.3) is 5.57 Å². The van der Waals surface area contributed by atoms with Crippen molar-refractivity contribution in [3.05, 3.63) is 53.6 Å². The molecule has 10 atom stereocenters. The van der Waals surface area contributed by atoms with Gasteiger partial charge in [-0.1, -0.05) is 65.0 Å². The molecule has 0 bridgehead atoms. The highest BCUT2D eigenvalue weighted by molar-refractivity contribution is 7.95. The summed E-state index contributed by atoms with van der Waals surface area (Å²) in [5.41, 5.74) is 4.33. The minimum Gasteiger partial charge on any atom is -0.478 e. The van der Waals surface area contributed by atoms with Crippen LogP contribution in [-0.2, 0) is 14.6 Å². The van der Waals surface area contributed by atoms with Crippen molar-refractivity contribution < 1.29 is 23.5 Å². The van der Waals surface area contributed by atoms with Gasteiger partial charge in [-0.25, -0.2) is 9.00 Å². The van der Waals surface area contributed by atoms with Gasteiger partial charge < -0.3 is 15.0 Å². The van der Waals surface area contributed by atoms with Gasteiger partial charge in [0, 0.05) is 18.4 Å². The molecule has 0 spiro atoms. The van der Waals surface area contributed by atoms with Crippen LogP contribution in [0.4, 0.5) is 0 Å². The summed E-state index contributed by atoms with van der Waals surface area (Å²) in [7, 11) is -2.99. The number of carbonyl (C=O) groups excluding carboxylic acids is 1. The summed E-state index contributed by atoms with van der Waals surface area (Å²) in [6.45, 7) is 20.5. The average molecular weight is 706 g/mol. The third-order valence-electron chi connectivity index (χ3n) is 16.0. The highest BCUT2D eigenvalue weighted by Crippen LogP contribution is 2.78. The SMILES string of the molecule is C=C(C)[C@@H]1CC[C@]2(C(=O)CCCNCCS(=C)(=O)O)CC[C@]3(C)[C@H](CC[C@@H]4[C@@]5(C)CC=C(c6ccc(C(=O)O)cc6)C(C)(C)[C@@H]5CC[C@]43C)[C@@H]12. The van der Waals surface area contributed by atoms with Crippen LogP contribution in [-0.4, -0.2) is 50.3 Å². The Morgan fingerprint density at radius 1 is 0.920 bits per heavy atom. The minimum atomic E-state index is -2.99. The van der Waals surface area contributed by atoms with Gasteiger partial charge in [0.15, 0.2) is 0 Å². The number of hydrogen-bond donors (Lipinski definition) is 3. The summed E-state index contributed by atoms with van der Waals surface area (Å²) in [6, 6.07) is 7.50. The van der Waals surface area contributed by atoms with Crippen LogP contribution in [0.3, 0.4) is 0 Å². The molecule has 5 aliphatic carbocycles. The first-order valence-electron chi connectivity index (χ1n) is 19.3. The van der Waals surface area contributed by atoms with E-state index in [9.17, 15) is 23.5 Å². The molecule has 4 fully saturated rings. The van der Waals surface area contributed by atoms with Crippen molar-refractivity contribution in [2.75, 3.05) is 18.8 Å². The fourth-order valence-electron chi connectivity index (χ4n) is 13.5. The summed E-state index contributed by atoms with van der Waals surface area (Å²) in [6.07, 6.45) is 13.8. The van der Waals surface area contributed by atoms with Gasteiger partial charge in [0.25, 0.3) is 0 Å². The predicted octanol–water partition coefficient (Wildman–Crippen LogP) is 9.16. The van der Waals surface area contributed by atoms with Crippen molar-refractivity contribution in [3.8, 4) is 0 Å². The molecule has 7 heteroatoms. The highest BCUT2D eigenvalue weighted by Gasteiger charge is 2.71. The van der Waals surface area contributed by atoms with Gasteiger partial charge in [0.1, 0.15) is 5.78 Å². The molecule has 5 aliphatic rings. The number of rotatable bonds is 11. The zero-order chi connectivity index (χ0) is 36.5. The maximum Gasteiger partial charge on any atom is 0.335 e. The second-order valence-corrected chi connectivity index (χ2v) is 20.5. The molecule has 1 aromatic carbocycles. The van der Waals surface area contributed by atoms with E-state index in [4.69, 9.17) is 0 Å². The first-order chi connectivity index (χ1) is 23.3. The maximum absolute atomic E-state index is 14.4. The molecular weight excluding hydrogens is 643 g/mol. The molecule has 0 aliphatic heterocycles. The number of hydrogen-bond acceptors (Lipinski definition) is 4. The summed E-state index contributed by atoms with van der Waals surface area (Å²) < 4.78 is 21.0. The Morgan fingerprint density at radius 3 is 2.26 bits per heavy atom. The smallest absolute Gasteiger partial charge is 0.335 e. The van der Waals surface area contributed by atoms with E-state index in [0.29, 0.717) is 60.4 Å². The number of nitrogens with one attached hydrogen (secondary N) is 1. The Hall–Kier alpha value is -2.22. The van der Waals surface area contributed by atoms with E-state index >= 15 is 0 Å². The highest BCUT2D eigenvalue weighted by atomic mass is 32.2. The van der Waals surface area contributed by atoms with Gasteiger partial charge in [-0.05, 0) is 158 Å². The first-order valence-corrected chi connectivity index (χ1v) is 21.2. The van der Waals surface area contributed by atoms with Crippen LogP contribution >= 0.6 is 0 Å². The molecular formula is C43H63NO5S. The number of carboxylic acid groups (broad SMARTS) is 1. The third-order valence-corrected chi connectivity index (χ3v) is 16.8. The molecule has 6 rings (SSSR count). The lowest BCUT2D eigenvalue weighted by atomic mass is 9.32. The molecule has 4 saturated carbocycles. The van der Waals surface area contributed by atoms with Crippen LogP contribution in [0.1, 0.15) is 128 Å². The molecule has 276 valence electrons. The Balaban J connectivity index is 1.25. The van der Waals surface area contributed by atoms with Gasteiger partial charge in [-0.3, -0.25) is 4.79 Å². The molecule has 0 heterocycles. The third kappa shape index (κ3) is 5.90. The lowest BCUT2D eigenvalue weighted by Gasteiger charge is -2.72. The van der Waals surface area contributed by atoms with Crippen molar-refractivity contribution in [2.45, 2.75) is 112 Å². The standard InChI is InChI=1S/C43H63NO5S/c1-28(2)31-17-22-43(36(45)10-9-25-44-26-27-50(8,48)49)24-23-41(6)33(37(31)43)15-16-35-40(5)20-18-32(29-11-13-30(14-12-29)38(46)47)39(3,4)34(40)19-21-42(35,41)7/h11-14,18,31,33-35,37,44H,1,8-10,15-17,19-27H2,2-7H3,(H,46,47)(H,48,49)/t31-,33+,34-,35+,37+,40-,41+,42+,43+/m0/s1. The molecule has 1 unspecified atom stereocenters. The molecule has 0 saturated heterocycles. The minimum absolute atomic E-state index is 0.0267. The molecule has 50 heavy (non-hydrogen) atoms. The van der Waals surface area contributed by atoms with Gasteiger partial charge in [0.2, 0.25) is 0 Å². The molecule has 6 nitrogen and oxygen atoms in total. The zero-order valence-corrected chi connectivity index (χ0v) is 32.4. The topological polar surface area (TPSA) is 104 Å². The van der Waals surface area contributed by atoms with E-state index in [1.807, 2.05) is 12.1 Å². The number of carboxylic acids is 1. The summed E-state index contributed by atoms with van der Waals surface area (Å²) >= 11 is 0. The van der Waals surface area contributed by atoms with E-state index in [2.05, 4.69) is 65.4 Å². The summed E-state index contributed by atoms with van der Waals surface area (Å²) in [5.74, 6) is 5.42. The number of aromatic carboxylic acids is 1. The normalized spacial score (nSPS) is 39.9. The largest absolute Gasteiger partial charge is 0.478 e. The van der Waals surface area contributed by atoms with Crippen LogP contribution in [0, 0.1) is 56.7 Å². The number of allylic oxidation sites excluding steroid dienone is 3. The number of carbonyl (C=O) groups is 2. The number of benzene rings is 1. The quantitative estimate of drug-likeness (QED) is 0.121. The molecule has 3 N–H and O–H groups in total. The second-order valence-electron chi connectivity index (χ2n) is 18.5. The van der Waals surface area contributed by atoms with Crippen LogP contribution in [0.5, 0.6) is 0 Å². The number of ketones is 1. The molecule has 1 aromatic rings. The lowest BCUT2D eigenvalue weighted by molar-refractivity contribution is -0.224. The van der Waals surface area contributed by atoms with Crippen LogP contribution < -0.4 is 5.32 Å². The molecule has 0 aromatic heterocycles. The fourth-order valence-corrected chi connectivity index (χ4v) is 14.0. The molecule has 0 radical (unpaired) electrons. The van der Waals surface area contributed by atoms with E-state index < -0.39 is 15.8 Å². The maximum atomic E-state index is 14.4. The van der Waals surface area contributed by atoms with E-state index in [-0.39, 0.29) is 32.8 Å². The average Bonchev–Trinajstić information content (AvgIpc) is 3.44. The Bertz CT molecular complexity index is 1660. The van der Waals surface area contributed by atoms with Crippen molar-refractivity contribution in [2.24, 2.45) is 56.7 Å². The number of fused-ring (bicyclic) bond motifs is 7. The summed E-state index contributed by atoms with van der Waals surface area (Å²) in [5, 5.41) is 12.7. The van der Waals surface area contributed by atoms with Gasteiger partial charge in [-0.2, -0.15) is 0 Å². The van der Waals surface area contributed by atoms with Gasteiger partial charge in [0.05, 0.1) is 21.1 Å². The van der Waals surface area contributed by atoms with Crippen LogP contribution in [0.2, 0.25) is 0 Å². The van der Waals surface area contributed by atoms with Crippen molar-refractivity contribution in [1.82, 2.24) is 5.32 Å². The number of Topliss-reactive ketones (excluding diaryl/α,β-unsaturated/α-hetero) is 1. The van der Waals surface area contributed by atoms with Crippen molar-refractivity contribution in [3.63, 3.8) is 0 Å². The Labute approximate surface area is 302 Å². The molecule has 0 amide bonds. The lowest BCUT2D eigenvalue weighted by Crippen LogP contribution is -2.65. The van der Waals surface area contributed by atoms with Crippen LogP contribution in [0.15, 0.2) is 42.5 Å². The van der Waals surface area contributed by atoms with Gasteiger partial charge in [-0.15, -0.1) is 0 Å². The van der Waals surface area contributed by atoms with Crippen molar-refractivity contribution in [1.29, 1.82) is 0 Å². The zero-order valence-electron chi connectivity index (χ0n) is 31.6. The first kappa shape index (κ1) is 37.5. The van der Waals surface area contributed by atoms with Crippen molar-refractivity contribution >= 4 is 33.0 Å². The summed E-state index contributed by atoms with van der Waals surface area (Å²) in [4.78, 5) is 26.0. The Morgan fingerprint density at radius 2 is 1.62 bits per heavy atom. The predicted molar refractivity (Wildman–Crippen MR) is 206 cm³/mol. The van der Waals surface area contributed by atoms with E-state index in [1.54, 1.807) is 12.1 Å².